The second-order valence-corrected chi connectivity index (χ2v) is 8.21. The predicted octanol–water partition coefficient (Wildman–Crippen LogP) is 3.26. The molecule has 0 unspecified atom stereocenters. The van der Waals surface area contributed by atoms with Crippen LogP contribution in [0.3, 0.4) is 0 Å². The molecule has 1 aromatic heterocycles. The molecule has 3 aromatic rings. The van der Waals surface area contributed by atoms with Crippen molar-refractivity contribution in [3.63, 3.8) is 0 Å². The van der Waals surface area contributed by atoms with Crippen LogP contribution in [-0.4, -0.2) is 48.6 Å². The van der Waals surface area contributed by atoms with Gasteiger partial charge in [-0.2, -0.15) is 0 Å². The lowest BCUT2D eigenvalue weighted by Crippen LogP contribution is -2.67. The monoisotopic (exact) mass is 379 g/mol. The third-order valence-corrected chi connectivity index (χ3v) is 6.99. The highest BCUT2D eigenvalue weighted by Crippen LogP contribution is 2.43. The van der Waals surface area contributed by atoms with Gasteiger partial charge in [0.25, 0.3) is 0 Å². The lowest BCUT2D eigenvalue weighted by Gasteiger charge is -2.54. The van der Waals surface area contributed by atoms with E-state index >= 15 is 0 Å². The number of rotatable bonds is 2. The first kappa shape index (κ1) is 16.7. The van der Waals surface area contributed by atoms with Crippen LogP contribution in [0.15, 0.2) is 54.6 Å². The molecule has 6 heteroatoms. The van der Waals surface area contributed by atoms with E-state index in [2.05, 4.69) is 29.2 Å². The predicted molar refractivity (Wildman–Crippen MR) is 107 cm³/mol. The van der Waals surface area contributed by atoms with Crippen LogP contribution >= 0.6 is 11.3 Å². The van der Waals surface area contributed by atoms with Crippen LogP contribution < -0.4 is 4.90 Å². The molecule has 27 heavy (non-hydrogen) atoms. The number of hydrogen-bond acceptors (Lipinski definition) is 5. The number of thiazole rings is 1. The normalized spacial score (nSPS) is 25.7. The van der Waals surface area contributed by atoms with Gasteiger partial charge in [-0.1, -0.05) is 53.8 Å². The van der Waals surface area contributed by atoms with Crippen LogP contribution in [-0.2, 0) is 15.1 Å². The van der Waals surface area contributed by atoms with Crippen LogP contribution in [0, 0.1) is 0 Å². The summed E-state index contributed by atoms with van der Waals surface area (Å²) in [6.45, 7) is 1.71. The number of amides is 1. The van der Waals surface area contributed by atoms with E-state index in [4.69, 9.17) is 9.72 Å². The number of nitrogens with zero attached hydrogens (tertiary/aromatic N) is 3. The molecule has 0 saturated carbocycles. The van der Waals surface area contributed by atoms with Crippen molar-refractivity contribution in [3.8, 4) is 0 Å². The Balaban J connectivity index is 1.51. The molecular formula is C21H21N3O2S. The molecule has 2 fully saturated rings. The van der Waals surface area contributed by atoms with Crippen LogP contribution in [0.25, 0.3) is 10.2 Å². The van der Waals surface area contributed by atoms with Crippen LogP contribution in [0.1, 0.15) is 12.0 Å². The molecule has 3 heterocycles. The molecule has 2 aliphatic rings. The number of morpholine rings is 1. The van der Waals surface area contributed by atoms with E-state index < -0.39 is 5.54 Å². The van der Waals surface area contributed by atoms with E-state index in [1.54, 1.807) is 11.3 Å². The molecule has 0 spiro atoms. The highest BCUT2D eigenvalue weighted by Gasteiger charge is 2.52. The number of carbonyl (C=O) groups excluding carboxylic acids is 1. The molecule has 0 bridgehead atoms. The largest absolute Gasteiger partial charge is 0.364 e. The molecule has 2 aromatic carbocycles. The number of aromatic nitrogens is 1. The first-order chi connectivity index (χ1) is 13.2. The molecule has 1 amide bonds. The van der Waals surface area contributed by atoms with Crippen molar-refractivity contribution in [3.05, 3.63) is 60.2 Å². The van der Waals surface area contributed by atoms with Crippen molar-refractivity contribution in [1.29, 1.82) is 0 Å². The summed E-state index contributed by atoms with van der Waals surface area (Å²) in [5.41, 5.74) is 1.77. The van der Waals surface area contributed by atoms with Crippen molar-refractivity contribution in [2.24, 2.45) is 0 Å². The number of piperidine rings is 1. The second kappa shape index (κ2) is 6.32. The zero-order valence-corrected chi connectivity index (χ0v) is 16.0. The number of ether oxygens (including phenoxy) is 1. The third-order valence-electron chi connectivity index (χ3n) is 5.89. The highest BCUT2D eigenvalue weighted by atomic mass is 32.1. The summed E-state index contributed by atoms with van der Waals surface area (Å²) in [7, 11) is 1.91. The SMILES string of the molecule is CN1C(=O)CO[C@@H]2CN(c3nc4ccccc4s3)CC[C@]21c1ccccc1. The molecule has 5 rings (SSSR count). The Morgan fingerprint density at radius 2 is 1.93 bits per heavy atom. The van der Waals surface area contributed by atoms with Gasteiger partial charge in [0, 0.05) is 20.1 Å². The maximum absolute atomic E-state index is 12.5. The molecule has 2 aliphatic heterocycles. The van der Waals surface area contributed by atoms with Gasteiger partial charge < -0.3 is 14.5 Å². The Hall–Kier alpha value is -2.44. The van der Waals surface area contributed by atoms with Crippen molar-refractivity contribution < 1.29 is 9.53 Å². The standard InChI is InChI=1S/C21H21N3O2S/c1-23-19(25)14-26-18-13-24(20-22-16-9-5-6-10-17(16)27-20)12-11-21(18,23)15-7-3-2-4-8-15/h2-10,18H,11-14H2,1H3/t18-,21+/m1/s1. The topological polar surface area (TPSA) is 45.7 Å². The Morgan fingerprint density at radius 3 is 2.74 bits per heavy atom. The van der Waals surface area contributed by atoms with Gasteiger partial charge in [0.05, 0.1) is 15.8 Å². The van der Waals surface area contributed by atoms with Crippen LogP contribution in [0.2, 0.25) is 0 Å². The molecule has 2 saturated heterocycles. The minimum atomic E-state index is -0.413. The molecule has 0 aliphatic carbocycles. The highest BCUT2D eigenvalue weighted by molar-refractivity contribution is 7.22. The van der Waals surface area contributed by atoms with Crippen LogP contribution in [0.4, 0.5) is 5.13 Å². The summed E-state index contributed by atoms with van der Waals surface area (Å²) in [6, 6.07) is 18.5. The van der Waals surface area contributed by atoms with E-state index in [1.807, 2.05) is 42.3 Å². The fourth-order valence-electron chi connectivity index (χ4n) is 4.39. The van der Waals surface area contributed by atoms with Gasteiger partial charge in [-0.25, -0.2) is 4.98 Å². The van der Waals surface area contributed by atoms with Crippen molar-refractivity contribution in [1.82, 2.24) is 9.88 Å². The quantitative estimate of drug-likeness (QED) is 0.686. The summed E-state index contributed by atoms with van der Waals surface area (Å²) >= 11 is 1.72. The summed E-state index contributed by atoms with van der Waals surface area (Å²) in [5, 5.41) is 1.03. The fourth-order valence-corrected chi connectivity index (χ4v) is 5.39. The van der Waals surface area contributed by atoms with Gasteiger partial charge >= 0.3 is 0 Å². The summed E-state index contributed by atoms with van der Waals surface area (Å²) in [5.74, 6) is 0.0449. The molecule has 138 valence electrons. The number of fused-ring (bicyclic) bond motifs is 2. The lowest BCUT2D eigenvalue weighted by atomic mass is 9.76. The first-order valence-electron chi connectivity index (χ1n) is 9.23. The van der Waals surface area contributed by atoms with Gasteiger partial charge in [0.2, 0.25) is 5.91 Å². The van der Waals surface area contributed by atoms with Gasteiger partial charge in [-0.3, -0.25) is 4.79 Å². The molecule has 2 atom stereocenters. The first-order valence-corrected chi connectivity index (χ1v) is 10.0. The minimum absolute atomic E-state index is 0.0449. The number of likely N-dealkylation sites (N-methyl/N-ethyl adjacent to an activating group) is 1. The third kappa shape index (κ3) is 2.55. The average molecular weight is 379 g/mol. The zero-order valence-electron chi connectivity index (χ0n) is 15.2. The minimum Gasteiger partial charge on any atom is -0.364 e. The van der Waals surface area contributed by atoms with E-state index in [0.717, 1.165) is 35.7 Å². The van der Waals surface area contributed by atoms with Crippen LogP contribution in [0.5, 0.6) is 0 Å². The maximum Gasteiger partial charge on any atom is 0.249 e. The lowest BCUT2D eigenvalue weighted by molar-refractivity contribution is -0.173. The van der Waals surface area contributed by atoms with E-state index in [9.17, 15) is 4.79 Å². The maximum atomic E-state index is 12.5. The fraction of sp³-hybridized carbons (Fsp3) is 0.333. The Bertz CT molecular complexity index is 956. The summed E-state index contributed by atoms with van der Waals surface area (Å²) in [6.07, 6.45) is 0.739. The Labute approximate surface area is 162 Å². The number of para-hydroxylation sites is 1. The van der Waals surface area contributed by atoms with Gasteiger partial charge in [0.15, 0.2) is 5.13 Å². The Kier molecular flexibility index (Phi) is 3.91. The summed E-state index contributed by atoms with van der Waals surface area (Å²) < 4.78 is 7.29. The molecular weight excluding hydrogens is 358 g/mol. The van der Waals surface area contributed by atoms with Crippen molar-refractivity contribution in [2.75, 3.05) is 31.6 Å². The van der Waals surface area contributed by atoms with Gasteiger partial charge in [-0.15, -0.1) is 0 Å². The van der Waals surface area contributed by atoms with E-state index in [0.29, 0.717) is 0 Å². The summed E-state index contributed by atoms with van der Waals surface area (Å²) in [4.78, 5) is 21.5. The van der Waals surface area contributed by atoms with Gasteiger partial charge in [-0.05, 0) is 24.1 Å². The van der Waals surface area contributed by atoms with Crippen molar-refractivity contribution in [2.45, 2.75) is 18.1 Å². The second-order valence-electron chi connectivity index (χ2n) is 7.20. The number of anilines is 1. The zero-order chi connectivity index (χ0) is 18.4. The van der Waals surface area contributed by atoms with E-state index in [-0.39, 0.29) is 18.6 Å². The average Bonchev–Trinajstić information content (AvgIpc) is 3.15. The number of hydrogen-bond donors (Lipinski definition) is 0. The van der Waals surface area contributed by atoms with Crippen molar-refractivity contribution >= 4 is 32.6 Å². The number of carbonyl (C=O) groups is 1. The molecule has 0 radical (unpaired) electrons. The van der Waals surface area contributed by atoms with E-state index in [1.165, 1.54) is 4.70 Å². The number of benzene rings is 2. The smallest absolute Gasteiger partial charge is 0.249 e. The Morgan fingerprint density at radius 1 is 1.15 bits per heavy atom. The molecule has 0 N–H and O–H groups in total. The van der Waals surface area contributed by atoms with Gasteiger partial charge in [0.1, 0.15) is 12.7 Å². The molecule has 5 nitrogen and oxygen atoms in total.